The molecule has 0 aliphatic heterocycles. The van der Waals surface area contributed by atoms with Crippen molar-refractivity contribution in [3.05, 3.63) is 23.8 Å². The summed E-state index contributed by atoms with van der Waals surface area (Å²) in [5, 5.41) is 3.10. The Balaban J connectivity index is 3.27. The van der Waals surface area contributed by atoms with Gasteiger partial charge in [0.05, 0.1) is 4.90 Å². The lowest BCUT2D eigenvalue weighted by atomic mass is 10.2. The molecule has 0 bridgehead atoms. The molecular formula is C11H18N2O2S. The highest BCUT2D eigenvalue weighted by molar-refractivity contribution is 7.89. The maximum atomic E-state index is 12.0. The first-order valence-electron chi connectivity index (χ1n) is 5.16. The van der Waals surface area contributed by atoms with Crippen molar-refractivity contribution in [1.82, 2.24) is 4.31 Å². The van der Waals surface area contributed by atoms with E-state index in [2.05, 4.69) is 5.32 Å². The van der Waals surface area contributed by atoms with E-state index in [1.165, 1.54) is 18.4 Å². The molecule has 0 atom stereocenters. The van der Waals surface area contributed by atoms with E-state index in [1.807, 2.05) is 19.1 Å². The molecule has 0 unspecified atom stereocenters. The van der Waals surface area contributed by atoms with Crippen molar-refractivity contribution in [3.63, 3.8) is 0 Å². The molecule has 5 heteroatoms. The summed E-state index contributed by atoms with van der Waals surface area (Å²) in [7, 11) is -0.282. The number of hydrogen-bond acceptors (Lipinski definition) is 3. The molecule has 0 amide bonds. The first-order valence-corrected chi connectivity index (χ1v) is 6.60. The van der Waals surface area contributed by atoms with Crippen LogP contribution in [0, 0.1) is 6.92 Å². The van der Waals surface area contributed by atoms with Crippen molar-refractivity contribution in [2.45, 2.75) is 18.7 Å². The van der Waals surface area contributed by atoms with Crippen molar-refractivity contribution >= 4 is 15.7 Å². The van der Waals surface area contributed by atoms with Gasteiger partial charge in [0, 0.05) is 26.3 Å². The minimum absolute atomic E-state index is 0.357. The fraction of sp³-hybridized carbons (Fsp3) is 0.455. The molecule has 1 aromatic rings. The SMILES string of the molecule is CCNc1ccc(C)c(S(=O)(=O)N(C)C)c1. The Labute approximate surface area is 97.3 Å². The van der Waals surface area contributed by atoms with Crippen LogP contribution >= 0.6 is 0 Å². The second kappa shape index (κ2) is 4.84. The van der Waals surface area contributed by atoms with Gasteiger partial charge in [0.2, 0.25) is 10.0 Å². The lowest BCUT2D eigenvalue weighted by Gasteiger charge is -2.15. The van der Waals surface area contributed by atoms with E-state index in [4.69, 9.17) is 0 Å². The normalized spacial score (nSPS) is 11.8. The molecule has 0 saturated heterocycles. The third-order valence-electron chi connectivity index (χ3n) is 2.33. The van der Waals surface area contributed by atoms with Gasteiger partial charge in [-0.3, -0.25) is 0 Å². The number of rotatable bonds is 4. The molecule has 4 nitrogen and oxygen atoms in total. The van der Waals surface area contributed by atoms with Crippen molar-refractivity contribution in [3.8, 4) is 0 Å². The Morgan fingerprint density at radius 2 is 1.94 bits per heavy atom. The van der Waals surface area contributed by atoms with Crippen molar-refractivity contribution in [1.29, 1.82) is 0 Å². The van der Waals surface area contributed by atoms with Crippen LogP contribution in [0.5, 0.6) is 0 Å². The van der Waals surface area contributed by atoms with Crippen molar-refractivity contribution in [2.75, 3.05) is 26.0 Å². The van der Waals surface area contributed by atoms with Crippen LogP contribution in [-0.4, -0.2) is 33.4 Å². The van der Waals surface area contributed by atoms with E-state index in [9.17, 15) is 8.42 Å². The Morgan fingerprint density at radius 3 is 2.44 bits per heavy atom. The first-order chi connectivity index (χ1) is 7.39. The van der Waals surface area contributed by atoms with Crippen LogP contribution in [-0.2, 0) is 10.0 Å². The first kappa shape index (κ1) is 13.0. The van der Waals surface area contributed by atoms with Gasteiger partial charge in [-0.25, -0.2) is 12.7 Å². The van der Waals surface area contributed by atoms with Gasteiger partial charge >= 0.3 is 0 Å². The average Bonchev–Trinajstić information content (AvgIpc) is 2.20. The monoisotopic (exact) mass is 242 g/mol. The molecule has 16 heavy (non-hydrogen) atoms. The number of nitrogens with one attached hydrogen (secondary N) is 1. The van der Waals surface area contributed by atoms with Gasteiger partial charge in [0.25, 0.3) is 0 Å². The zero-order valence-electron chi connectivity index (χ0n) is 10.1. The number of hydrogen-bond donors (Lipinski definition) is 1. The molecule has 1 N–H and O–H groups in total. The van der Waals surface area contributed by atoms with Gasteiger partial charge in [0.15, 0.2) is 0 Å². The summed E-state index contributed by atoms with van der Waals surface area (Å²) in [6.07, 6.45) is 0. The highest BCUT2D eigenvalue weighted by Crippen LogP contribution is 2.22. The van der Waals surface area contributed by atoms with E-state index >= 15 is 0 Å². The van der Waals surface area contributed by atoms with Gasteiger partial charge in [-0.2, -0.15) is 0 Å². The molecule has 0 aliphatic rings. The third-order valence-corrected chi connectivity index (χ3v) is 4.28. The summed E-state index contributed by atoms with van der Waals surface area (Å²) >= 11 is 0. The van der Waals surface area contributed by atoms with Crippen LogP contribution in [0.3, 0.4) is 0 Å². The van der Waals surface area contributed by atoms with Crippen molar-refractivity contribution < 1.29 is 8.42 Å². The number of aryl methyl sites for hydroxylation is 1. The Morgan fingerprint density at radius 1 is 1.31 bits per heavy atom. The minimum atomic E-state index is -3.36. The van der Waals surface area contributed by atoms with E-state index in [0.29, 0.717) is 4.90 Å². The third kappa shape index (κ3) is 2.54. The summed E-state index contributed by atoms with van der Waals surface area (Å²) in [6, 6.07) is 5.37. The molecule has 90 valence electrons. The van der Waals surface area contributed by atoms with E-state index < -0.39 is 10.0 Å². The Hall–Kier alpha value is -1.07. The van der Waals surface area contributed by atoms with Gasteiger partial charge < -0.3 is 5.32 Å². The topological polar surface area (TPSA) is 49.4 Å². The average molecular weight is 242 g/mol. The predicted octanol–water partition coefficient (Wildman–Crippen LogP) is 1.68. The summed E-state index contributed by atoms with van der Waals surface area (Å²) in [6.45, 7) is 4.54. The number of anilines is 1. The molecule has 0 spiro atoms. The van der Waals surface area contributed by atoms with E-state index in [0.717, 1.165) is 17.8 Å². The summed E-state index contributed by atoms with van der Waals surface area (Å²) in [4.78, 5) is 0.357. The summed E-state index contributed by atoms with van der Waals surface area (Å²) < 4.78 is 25.2. The largest absolute Gasteiger partial charge is 0.385 e. The number of nitrogens with zero attached hydrogens (tertiary/aromatic N) is 1. The fourth-order valence-electron chi connectivity index (χ4n) is 1.39. The minimum Gasteiger partial charge on any atom is -0.385 e. The standard InChI is InChI=1S/C11H18N2O2S/c1-5-12-10-7-6-9(2)11(8-10)16(14,15)13(3)4/h6-8,12H,5H2,1-4H3. The maximum Gasteiger partial charge on any atom is 0.242 e. The molecular weight excluding hydrogens is 224 g/mol. The van der Waals surface area contributed by atoms with Gasteiger partial charge in [-0.15, -0.1) is 0 Å². The summed E-state index contributed by atoms with van der Waals surface area (Å²) in [5.74, 6) is 0. The zero-order valence-corrected chi connectivity index (χ0v) is 10.9. The molecule has 0 radical (unpaired) electrons. The second-order valence-electron chi connectivity index (χ2n) is 3.80. The highest BCUT2D eigenvalue weighted by atomic mass is 32.2. The van der Waals surface area contributed by atoms with Crippen LogP contribution in [0.2, 0.25) is 0 Å². The second-order valence-corrected chi connectivity index (χ2v) is 5.92. The van der Waals surface area contributed by atoms with Crippen LogP contribution < -0.4 is 5.32 Å². The lowest BCUT2D eigenvalue weighted by molar-refractivity contribution is 0.520. The van der Waals surface area contributed by atoms with Crippen molar-refractivity contribution in [2.24, 2.45) is 0 Å². The quantitative estimate of drug-likeness (QED) is 0.874. The van der Waals surface area contributed by atoms with Crippen LogP contribution in [0.4, 0.5) is 5.69 Å². The molecule has 0 aromatic heterocycles. The van der Waals surface area contributed by atoms with Gasteiger partial charge in [0.1, 0.15) is 0 Å². The number of sulfonamides is 1. The molecule has 1 rings (SSSR count). The predicted molar refractivity (Wildman–Crippen MR) is 66.2 cm³/mol. The van der Waals surface area contributed by atoms with Crippen LogP contribution in [0.15, 0.2) is 23.1 Å². The maximum absolute atomic E-state index is 12.0. The molecule has 0 fully saturated rings. The van der Waals surface area contributed by atoms with Gasteiger partial charge in [-0.1, -0.05) is 6.07 Å². The molecule has 1 aromatic carbocycles. The zero-order chi connectivity index (χ0) is 12.3. The number of benzene rings is 1. The van der Waals surface area contributed by atoms with Crippen LogP contribution in [0.25, 0.3) is 0 Å². The molecule has 0 heterocycles. The lowest BCUT2D eigenvalue weighted by Crippen LogP contribution is -2.23. The Kier molecular flexibility index (Phi) is 3.93. The molecule has 0 saturated carbocycles. The summed E-state index contributed by atoms with van der Waals surface area (Å²) in [5.41, 5.74) is 1.59. The fourth-order valence-corrected chi connectivity index (χ4v) is 2.53. The smallest absolute Gasteiger partial charge is 0.242 e. The highest BCUT2D eigenvalue weighted by Gasteiger charge is 2.19. The van der Waals surface area contributed by atoms with Gasteiger partial charge in [-0.05, 0) is 31.5 Å². The van der Waals surface area contributed by atoms with E-state index in [-0.39, 0.29) is 0 Å². The van der Waals surface area contributed by atoms with Crippen LogP contribution in [0.1, 0.15) is 12.5 Å². The molecule has 0 aliphatic carbocycles. The Bertz CT molecular complexity index is 467. The van der Waals surface area contributed by atoms with E-state index in [1.54, 1.807) is 13.0 Å².